The van der Waals surface area contributed by atoms with Crippen LogP contribution in [0, 0.1) is 13.8 Å². The summed E-state index contributed by atoms with van der Waals surface area (Å²) in [4.78, 5) is 14.7. The molecule has 0 spiro atoms. The van der Waals surface area contributed by atoms with Crippen molar-refractivity contribution in [3.8, 4) is 5.75 Å². The van der Waals surface area contributed by atoms with Crippen molar-refractivity contribution >= 4 is 16.7 Å². The molecule has 4 atom stereocenters. The molecule has 22 heavy (non-hydrogen) atoms. The Balaban J connectivity index is 1.76. The van der Waals surface area contributed by atoms with Gasteiger partial charge in [0.1, 0.15) is 5.75 Å². The van der Waals surface area contributed by atoms with E-state index in [1.807, 2.05) is 24.8 Å². The highest BCUT2D eigenvalue weighted by molar-refractivity contribution is 7.85. The lowest BCUT2D eigenvalue weighted by atomic mass is 10.0. The quantitative estimate of drug-likeness (QED) is 0.794. The van der Waals surface area contributed by atoms with Crippen LogP contribution in [0.2, 0.25) is 0 Å². The van der Waals surface area contributed by atoms with Crippen LogP contribution in [0.1, 0.15) is 30.5 Å². The number of ether oxygens (including phenoxy) is 1. The molecule has 4 nitrogen and oxygen atoms in total. The first-order valence-corrected chi connectivity index (χ1v) is 9.21. The Kier molecular flexibility index (Phi) is 4.02. The Labute approximate surface area is 134 Å². The molecule has 1 aromatic rings. The van der Waals surface area contributed by atoms with Crippen LogP contribution in [0.25, 0.3) is 0 Å². The second kappa shape index (κ2) is 5.69. The van der Waals surface area contributed by atoms with E-state index >= 15 is 0 Å². The van der Waals surface area contributed by atoms with E-state index in [4.69, 9.17) is 4.74 Å². The largest absolute Gasteiger partial charge is 0.480 e. The maximum absolute atomic E-state index is 12.8. The number of fused-ring (bicyclic) bond motifs is 1. The number of rotatable bonds is 1. The molecular formula is C17H23NO3S. The van der Waals surface area contributed by atoms with Gasteiger partial charge in [-0.05, 0) is 50.5 Å². The highest BCUT2D eigenvalue weighted by Crippen LogP contribution is 2.32. The van der Waals surface area contributed by atoms with Crippen LogP contribution in [0.15, 0.2) is 12.1 Å². The molecular weight excluding hydrogens is 298 g/mol. The van der Waals surface area contributed by atoms with Crippen molar-refractivity contribution in [1.82, 2.24) is 4.90 Å². The number of hydrogen-bond donors (Lipinski definition) is 0. The predicted octanol–water partition coefficient (Wildman–Crippen LogP) is 1.97. The first kappa shape index (κ1) is 15.5. The average Bonchev–Trinajstić information content (AvgIpc) is 2.87. The van der Waals surface area contributed by atoms with E-state index in [1.54, 1.807) is 0 Å². The lowest BCUT2D eigenvalue weighted by Crippen LogP contribution is -2.55. The maximum atomic E-state index is 12.8. The van der Waals surface area contributed by atoms with Gasteiger partial charge in [-0.15, -0.1) is 0 Å². The summed E-state index contributed by atoms with van der Waals surface area (Å²) in [6, 6.07) is 4.14. The molecule has 0 aromatic heterocycles. The van der Waals surface area contributed by atoms with E-state index in [-0.39, 0.29) is 17.2 Å². The van der Waals surface area contributed by atoms with Crippen molar-refractivity contribution in [2.75, 3.05) is 12.3 Å². The highest BCUT2D eigenvalue weighted by atomic mass is 32.2. The van der Waals surface area contributed by atoms with E-state index < -0.39 is 16.9 Å². The normalized spacial score (nSPS) is 30.8. The van der Waals surface area contributed by atoms with Gasteiger partial charge < -0.3 is 9.64 Å². The van der Waals surface area contributed by atoms with Crippen LogP contribution < -0.4 is 4.74 Å². The Morgan fingerprint density at radius 1 is 1.27 bits per heavy atom. The van der Waals surface area contributed by atoms with E-state index in [0.29, 0.717) is 18.7 Å². The SMILES string of the molecule is Cc1cc2c(cc1C)O[C@H](C(=O)N1CC[S@](=O)[C@H](C)[C@H]1C)C2. The van der Waals surface area contributed by atoms with Gasteiger partial charge in [0, 0.05) is 35.6 Å². The zero-order valence-electron chi connectivity index (χ0n) is 13.6. The van der Waals surface area contributed by atoms with E-state index in [9.17, 15) is 9.00 Å². The Morgan fingerprint density at radius 2 is 1.95 bits per heavy atom. The molecule has 0 N–H and O–H groups in total. The molecule has 1 aromatic carbocycles. The summed E-state index contributed by atoms with van der Waals surface area (Å²) in [6.07, 6.45) is 0.202. The number of carbonyl (C=O) groups is 1. The zero-order chi connectivity index (χ0) is 16.0. The summed E-state index contributed by atoms with van der Waals surface area (Å²) in [5.41, 5.74) is 3.52. The minimum atomic E-state index is -0.835. The fourth-order valence-corrected chi connectivity index (χ4v) is 4.53. The molecule has 3 rings (SSSR count). The van der Waals surface area contributed by atoms with Crippen LogP contribution in [-0.2, 0) is 22.0 Å². The van der Waals surface area contributed by atoms with E-state index in [2.05, 4.69) is 19.9 Å². The first-order chi connectivity index (χ1) is 10.4. The maximum Gasteiger partial charge on any atom is 0.264 e. The van der Waals surface area contributed by atoms with Crippen molar-refractivity contribution in [2.45, 2.75) is 51.5 Å². The summed E-state index contributed by atoms with van der Waals surface area (Å²) in [5.74, 6) is 1.43. The first-order valence-electron chi connectivity index (χ1n) is 7.83. The third-order valence-corrected chi connectivity index (χ3v) is 6.84. The molecule has 0 unspecified atom stereocenters. The summed E-state index contributed by atoms with van der Waals surface area (Å²) in [5, 5.41) is 0.0194. The Morgan fingerprint density at radius 3 is 2.68 bits per heavy atom. The molecule has 0 radical (unpaired) electrons. The van der Waals surface area contributed by atoms with Crippen molar-refractivity contribution in [2.24, 2.45) is 0 Å². The molecule has 0 bridgehead atoms. The molecule has 120 valence electrons. The van der Waals surface area contributed by atoms with E-state index in [1.165, 1.54) is 11.1 Å². The Hall–Kier alpha value is -1.36. The fraction of sp³-hybridized carbons (Fsp3) is 0.588. The van der Waals surface area contributed by atoms with Gasteiger partial charge in [0.25, 0.3) is 5.91 Å². The summed E-state index contributed by atoms with van der Waals surface area (Å²) >= 11 is 0. The minimum Gasteiger partial charge on any atom is -0.480 e. The van der Waals surface area contributed by atoms with Gasteiger partial charge in [-0.2, -0.15) is 0 Å². The van der Waals surface area contributed by atoms with Crippen LogP contribution in [0.4, 0.5) is 0 Å². The molecule has 0 aliphatic carbocycles. The second-order valence-electron chi connectivity index (χ2n) is 6.42. The number of nitrogens with zero attached hydrogens (tertiary/aromatic N) is 1. The molecule has 2 aliphatic heterocycles. The van der Waals surface area contributed by atoms with Crippen molar-refractivity contribution < 1.29 is 13.7 Å². The molecule has 1 saturated heterocycles. The van der Waals surface area contributed by atoms with Crippen LogP contribution >= 0.6 is 0 Å². The third kappa shape index (κ3) is 2.56. The number of carbonyl (C=O) groups excluding carboxylic acids is 1. The second-order valence-corrected chi connectivity index (χ2v) is 8.33. The molecule has 1 fully saturated rings. The van der Waals surface area contributed by atoms with Crippen LogP contribution in [-0.4, -0.2) is 44.7 Å². The van der Waals surface area contributed by atoms with Gasteiger partial charge in [0.15, 0.2) is 6.10 Å². The topological polar surface area (TPSA) is 46.6 Å². The zero-order valence-corrected chi connectivity index (χ0v) is 14.4. The molecule has 5 heteroatoms. The van der Waals surface area contributed by atoms with Crippen molar-refractivity contribution in [3.05, 3.63) is 28.8 Å². The molecule has 2 aliphatic rings. The van der Waals surface area contributed by atoms with Crippen molar-refractivity contribution in [3.63, 3.8) is 0 Å². The minimum absolute atomic E-state index is 0.00197. The fourth-order valence-electron chi connectivity index (χ4n) is 3.20. The lowest BCUT2D eigenvalue weighted by Gasteiger charge is -2.38. The van der Waals surface area contributed by atoms with Crippen molar-refractivity contribution in [1.29, 1.82) is 0 Å². The standard InChI is InChI=1S/C17H23NO3S/c1-10-7-14-9-16(21-15(14)8-11(10)2)17(19)18-5-6-22(20)13(4)12(18)3/h7-8,12-13,16H,5-6,9H2,1-4H3/t12-,13-,16+,22+/m1/s1. The van der Waals surface area contributed by atoms with Crippen LogP contribution in [0.5, 0.6) is 5.75 Å². The van der Waals surface area contributed by atoms with Gasteiger partial charge >= 0.3 is 0 Å². The molecule has 0 saturated carbocycles. The lowest BCUT2D eigenvalue weighted by molar-refractivity contribution is -0.139. The third-order valence-electron chi connectivity index (χ3n) is 5.03. The summed E-state index contributed by atoms with van der Waals surface area (Å²) in [7, 11) is -0.835. The number of amides is 1. The predicted molar refractivity (Wildman–Crippen MR) is 87.7 cm³/mol. The molecule has 2 heterocycles. The van der Waals surface area contributed by atoms with Gasteiger partial charge in [0.2, 0.25) is 0 Å². The van der Waals surface area contributed by atoms with Gasteiger partial charge in [-0.1, -0.05) is 6.07 Å². The smallest absolute Gasteiger partial charge is 0.264 e. The number of benzene rings is 1. The highest BCUT2D eigenvalue weighted by Gasteiger charge is 2.39. The Bertz CT molecular complexity index is 612. The number of aryl methyl sites for hydroxylation is 2. The van der Waals surface area contributed by atoms with Crippen LogP contribution in [0.3, 0.4) is 0 Å². The van der Waals surface area contributed by atoms with Gasteiger partial charge in [-0.3, -0.25) is 9.00 Å². The monoisotopic (exact) mass is 321 g/mol. The summed E-state index contributed by atoms with van der Waals surface area (Å²) in [6.45, 7) is 8.63. The molecule has 1 amide bonds. The average molecular weight is 321 g/mol. The van der Waals surface area contributed by atoms with E-state index in [0.717, 1.165) is 11.3 Å². The van der Waals surface area contributed by atoms with Gasteiger partial charge in [-0.25, -0.2) is 0 Å². The number of hydrogen-bond acceptors (Lipinski definition) is 3. The summed E-state index contributed by atoms with van der Waals surface area (Å²) < 4.78 is 17.8. The van der Waals surface area contributed by atoms with Gasteiger partial charge in [0.05, 0.1) is 5.25 Å².